The lowest BCUT2D eigenvalue weighted by atomic mass is 10.1. The number of rotatable bonds is 3. The highest BCUT2D eigenvalue weighted by Crippen LogP contribution is 2.32. The number of aliphatic hydroxyl groups excluding tert-OH is 1. The highest BCUT2D eigenvalue weighted by molar-refractivity contribution is 7.15. The van der Waals surface area contributed by atoms with Gasteiger partial charge in [-0.05, 0) is 37.6 Å². The van der Waals surface area contributed by atoms with E-state index < -0.39 is 6.10 Å². The molecule has 0 bridgehead atoms. The second kappa shape index (κ2) is 5.14. The number of aromatic nitrogens is 1. The van der Waals surface area contributed by atoms with Gasteiger partial charge >= 0.3 is 0 Å². The first-order valence-electron chi connectivity index (χ1n) is 5.65. The van der Waals surface area contributed by atoms with Crippen molar-refractivity contribution in [2.75, 3.05) is 6.54 Å². The van der Waals surface area contributed by atoms with Gasteiger partial charge in [0.2, 0.25) is 0 Å². The maximum absolute atomic E-state index is 13.2. The number of nitrogens with zero attached hydrogens (tertiary/aromatic N) is 1. The van der Waals surface area contributed by atoms with Crippen molar-refractivity contribution < 1.29 is 9.50 Å². The minimum Gasteiger partial charge on any atom is -0.386 e. The SMILES string of the molecule is Cc1cc(-c2nc(C)c(C(O)CN)s2)ccc1F. The third kappa shape index (κ3) is 2.43. The molecule has 2 rings (SSSR count). The van der Waals surface area contributed by atoms with Crippen LogP contribution in [-0.2, 0) is 0 Å². The minimum atomic E-state index is -0.683. The molecule has 2 aromatic rings. The molecule has 96 valence electrons. The number of hydrogen-bond acceptors (Lipinski definition) is 4. The summed E-state index contributed by atoms with van der Waals surface area (Å²) >= 11 is 1.40. The van der Waals surface area contributed by atoms with Crippen molar-refractivity contribution in [2.24, 2.45) is 5.73 Å². The van der Waals surface area contributed by atoms with Gasteiger partial charge in [0.25, 0.3) is 0 Å². The van der Waals surface area contributed by atoms with Gasteiger partial charge in [0.05, 0.1) is 10.6 Å². The smallest absolute Gasteiger partial charge is 0.126 e. The molecule has 1 heterocycles. The van der Waals surface area contributed by atoms with Gasteiger partial charge in [-0.3, -0.25) is 0 Å². The molecule has 1 atom stereocenters. The van der Waals surface area contributed by atoms with Crippen LogP contribution in [0.3, 0.4) is 0 Å². The Morgan fingerprint density at radius 1 is 1.44 bits per heavy atom. The number of nitrogens with two attached hydrogens (primary N) is 1. The Kier molecular flexibility index (Phi) is 3.75. The molecule has 3 N–H and O–H groups in total. The zero-order chi connectivity index (χ0) is 13.3. The summed E-state index contributed by atoms with van der Waals surface area (Å²) < 4.78 is 13.2. The quantitative estimate of drug-likeness (QED) is 0.897. The summed E-state index contributed by atoms with van der Waals surface area (Å²) in [5.41, 5.74) is 7.66. The van der Waals surface area contributed by atoms with Crippen LogP contribution >= 0.6 is 11.3 Å². The van der Waals surface area contributed by atoms with Crippen molar-refractivity contribution in [3.63, 3.8) is 0 Å². The van der Waals surface area contributed by atoms with Crippen LogP contribution < -0.4 is 5.73 Å². The van der Waals surface area contributed by atoms with Gasteiger partial charge in [0.15, 0.2) is 0 Å². The first kappa shape index (κ1) is 13.1. The van der Waals surface area contributed by atoms with Gasteiger partial charge in [0, 0.05) is 12.1 Å². The number of aryl methyl sites for hydroxylation is 2. The molecule has 0 fully saturated rings. The van der Waals surface area contributed by atoms with Crippen molar-refractivity contribution >= 4 is 11.3 Å². The van der Waals surface area contributed by atoms with Crippen LogP contribution in [0.2, 0.25) is 0 Å². The zero-order valence-corrected chi connectivity index (χ0v) is 11.1. The molecule has 1 unspecified atom stereocenters. The maximum atomic E-state index is 13.2. The third-order valence-corrected chi connectivity index (χ3v) is 4.07. The van der Waals surface area contributed by atoms with E-state index in [0.29, 0.717) is 5.56 Å². The molecule has 1 aromatic carbocycles. The molecule has 0 amide bonds. The average molecular weight is 266 g/mol. The van der Waals surface area contributed by atoms with E-state index in [4.69, 9.17) is 5.73 Å². The molecule has 0 aliphatic heterocycles. The van der Waals surface area contributed by atoms with E-state index in [2.05, 4.69) is 4.98 Å². The van der Waals surface area contributed by atoms with Crippen molar-refractivity contribution in [1.29, 1.82) is 0 Å². The Bertz CT molecular complexity index is 568. The average Bonchev–Trinajstić information content (AvgIpc) is 2.74. The zero-order valence-electron chi connectivity index (χ0n) is 10.3. The van der Waals surface area contributed by atoms with E-state index in [0.717, 1.165) is 21.1 Å². The monoisotopic (exact) mass is 266 g/mol. The molecular weight excluding hydrogens is 251 g/mol. The van der Waals surface area contributed by atoms with Gasteiger partial charge in [-0.1, -0.05) is 0 Å². The van der Waals surface area contributed by atoms with Crippen molar-refractivity contribution in [2.45, 2.75) is 20.0 Å². The normalized spacial score (nSPS) is 12.7. The lowest BCUT2D eigenvalue weighted by Crippen LogP contribution is -2.10. The molecule has 3 nitrogen and oxygen atoms in total. The fraction of sp³-hybridized carbons (Fsp3) is 0.308. The Balaban J connectivity index is 2.42. The number of halogens is 1. The molecule has 0 aliphatic rings. The van der Waals surface area contributed by atoms with Crippen molar-refractivity contribution in [3.05, 3.63) is 40.2 Å². The number of hydrogen-bond donors (Lipinski definition) is 2. The summed E-state index contributed by atoms with van der Waals surface area (Å²) in [5.74, 6) is -0.228. The molecular formula is C13H15FN2OS. The standard InChI is InChI=1S/C13H15FN2OS/c1-7-5-9(3-4-10(7)14)13-16-8(2)12(18-13)11(17)6-15/h3-5,11,17H,6,15H2,1-2H3. The second-order valence-electron chi connectivity index (χ2n) is 4.18. The van der Waals surface area contributed by atoms with Crippen LogP contribution in [0.1, 0.15) is 22.2 Å². The molecule has 5 heteroatoms. The summed E-state index contributed by atoms with van der Waals surface area (Å²) in [7, 11) is 0. The fourth-order valence-electron chi connectivity index (χ4n) is 1.73. The van der Waals surface area contributed by atoms with Crippen LogP contribution in [0.25, 0.3) is 10.6 Å². The lowest BCUT2D eigenvalue weighted by Gasteiger charge is -2.04. The Morgan fingerprint density at radius 2 is 2.17 bits per heavy atom. The predicted molar refractivity (Wildman–Crippen MR) is 71.0 cm³/mol. The topological polar surface area (TPSA) is 59.1 Å². The number of aliphatic hydroxyl groups is 1. The van der Waals surface area contributed by atoms with Crippen LogP contribution in [0.15, 0.2) is 18.2 Å². The number of benzene rings is 1. The summed E-state index contributed by atoms with van der Waals surface area (Å²) in [4.78, 5) is 5.17. The van der Waals surface area contributed by atoms with Crippen LogP contribution in [-0.4, -0.2) is 16.6 Å². The Labute approximate surface area is 109 Å². The summed E-state index contributed by atoms with van der Waals surface area (Å²) in [6, 6.07) is 4.88. The van der Waals surface area contributed by atoms with Crippen LogP contribution in [0.4, 0.5) is 4.39 Å². The Hall–Kier alpha value is -1.30. The summed E-state index contributed by atoms with van der Waals surface area (Å²) in [5, 5.41) is 10.5. The summed E-state index contributed by atoms with van der Waals surface area (Å²) in [6.07, 6.45) is -0.683. The van der Waals surface area contributed by atoms with Crippen molar-refractivity contribution in [3.8, 4) is 10.6 Å². The predicted octanol–water partition coefficient (Wildman–Crippen LogP) is 2.56. The Morgan fingerprint density at radius 3 is 2.78 bits per heavy atom. The van der Waals surface area contributed by atoms with Gasteiger partial charge in [-0.2, -0.15) is 0 Å². The molecule has 1 aromatic heterocycles. The second-order valence-corrected chi connectivity index (χ2v) is 5.21. The van der Waals surface area contributed by atoms with E-state index in [-0.39, 0.29) is 12.4 Å². The summed E-state index contributed by atoms with van der Waals surface area (Å²) in [6.45, 7) is 3.73. The molecule has 0 aliphatic carbocycles. The maximum Gasteiger partial charge on any atom is 0.126 e. The third-order valence-electron chi connectivity index (χ3n) is 2.76. The van der Waals surface area contributed by atoms with E-state index in [1.807, 2.05) is 6.92 Å². The molecule has 0 radical (unpaired) electrons. The fourth-order valence-corrected chi connectivity index (χ4v) is 2.79. The van der Waals surface area contributed by atoms with E-state index in [1.165, 1.54) is 17.4 Å². The largest absolute Gasteiger partial charge is 0.386 e. The molecule has 18 heavy (non-hydrogen) atoms. The van der Waals surface area contributed by atoms with Gasteiger partial charge in [-0.25, -0.2) is 9.37 Å². The first-order valence-corrected chi connectivity index (χ1v) is 6.46. The molecule has 0 spiro atoms. The molecule has 0 saturated carbocycles. The van der Waals surface area contributed by atoms with Gasteiger partial charge in [0.1, 0.15) is 16.9 Å². The molecule has 0 saturated heterocycles. The highest BCUT2D eigenvalue weighted by atomic mass is 32.1. The van der Waals surface area contributed by atoms with Crippen LogP contribution in [0.5, 0.6) is 0 Å². The van der Waals surface area contributed by atoms with E-state index in [9.17, 15) is 9.50 Å². The van der Waals surface area contributed by atoms with E-state index >= 15 is 0 Å². The van der Waals surface area contributed by atoms with Crippen LogP contribution in [0, 0.1) is 19.7 Å². The van der Waals surface area contributed by atoms with Gasteiger partial charge < -0.3 is 10.8 Å². The van der Waals surface area contributed by atoms with Crippen molar-refractivity contribution in [1.82, 2.24) is 4.98 Å². The lowest BCUT2D eigenvalue weighted by molar-refractivity contribution is 0.189. The minimum absolute atomic E-state index is 0.172. The van der Waals surface area contributed by atoms with Gasteiger partial charge in [-0.15, -0.1) is 11.3 Å². The number of thiazole rings is 1. The van der Waals surface area contributed by atoms with E-state index in [1.54, 1.807) is 19.1 Å². The highest BCUT2D eigenvalue weighted by Gasteiger charge is 2.15. The first-order chi connectivity index (χ1) is 8.52.